The van der Waals surface area contributed by atoms with E-state index in [2.05, 4.69) is 21.6 Å². The van der Waals surface area contributed by atoms with E-state index in [1.165, 1.54) is 0 Å². The summed E-state index contributed by atoms with van der Waals surface area (Å²) in [6.45, 7) is 4.56. The summed E-state index contributed by atoms with van der Waals surface area (Å²) >= 11 is 0. The third-order valence-corrected chi connectivity index (χ3v) is 8.43. The third-order valence-electron chi connectivity index (χ3n) is 8.43. The zero-order valence-corrected chi connectivity index (χ0v) is 23.9. The first-order valence-electron chi connectivity index (χ1n) is 14.3. The summed E-state index contributed by atoms with van der Waals surface area (Å²) in [6.07, 6.45) is 3.61. The van der Waals surface area contributed by atoms with Crippen LogP contribution < -0.4 is 16.8 Å². The van der Waals surface area contributed by atoms with Gasteiger partial charge in [-0.15, -0.1) is 10.2 Å². The molecule has 1 aromatic heterocycles. The normalized spacial score (nSPS) is 17.9. The van der Waals surface area contributed by atoms with Gasteiger partial charge in [-0.1, -0.05) is 19.1 Å². The van der Waals surface area contributed by atoms with Gasteiger partial charge in [0.25, 0.3) is 0 Å². The number of nitrogens with zero attached hydrogens (tertiary/aromatic N) is 4. The highest BCUT2D eigenvalue weighted by molar-refractivity contribution is 5.94. The van der Waals surface area contributed by atoms with Crippen LogP contribution in [0.3, 0.4) is 0 Å². The van der Waals surface area contributed by atoms with E-state index < -0.39 is 23.3 Å². The maximum absolute atomic E-state index is 13.0. The molecule has 5 N–H and O–H groups in total. The minimum Gasteiger partial charge on any atom is -0.424 e. The highest BCUT2D eigenvalue weighted by Crippen LogP contribution is 2.48. The summed E-state index contributed by atoms with van der Waals surface area (Å²) in [4.78, 5) is 38.9. The van der Waals surface area contributed by atoms with Crippen LogP contribution in [0, 0.1) is 11.3 Å². The molecule has 2 heterocycles. The molecule has 0 radical (unpaired) electrons. The van der Waals surface area contributed by atoms with Gasteiger partial charge in [-0.3, -0.25) is 14.4 Å². The smallest absolute Gasteiger partial charge is 0.248 e. The Kier molecular flexibility index (Phi) is 8.09. The lowest BCUT2D eigenvalue weighted by Gasteiger charge is -2.36. The van der Waals surface area contributed by atoms with Crippen molar-refractivity contribution in [1.29, 1.82) is 5.26 Å². The van der Waals surface area contributed by atoms with Gasteiger partial charge in [-0.05, 0) is 85.5 Å². The van der Waals surface area contributed by atoms with Crippen molar-refractivity contribution in [3.63, 3.8) is 0 Å². The molecule has 0 spiro atoms. The fourth-order valence-electron chi connectivity index (χ4n) is 6.36. The lowest BCUT2D eigenvalue weighted by Crippen LogP contribution is -2.45. The maximum atomic E-state index is 13.0. The Morgan fingerprint density at radius 2 is 1.71 bits per heavy atom. The number of amides is 3. The quantitative estimate of drug-likeness (QED) is 0.350. The maximum Gasteiger partial charge on any atom is 0.248 e. The standard InChI is InChI=1S/C31H35N7O4/c1-3-26-36-37-30(42-26)31(15-18(2)35-17-27(39)38-12-4-5-23(38)16-32)24-10-8-21(28(33)40)13-19(24)6-7-20-14-22(29(34)41)9-11-25(20)31/h8-11,13-14,18,23,35H,3-7,12,15,17H2,1-2H3,(H2,33,40)(H2,34,41)/t18-,23-/m0/s1. The minimum atomic E-state index is -0.980. The number of aryl methyl sites for hydroxylation is 3. The Bertz CT molecular complexity index is 1510. The number of carbonyl (C=O) groups excluding carboxylic acids is 3. The van der Waals surface area contributed by atoms with E-state index in [0.29, 0.717) is 61.6 Å². The first kappa shape index (κ1) is 29.0. The number of rotatable bonds is 9. The topological polar surface area (TPSA) is 181 Å². The van der Waals surface area contributed by atoms with E-state index in [9.17, 15) is 19.6 Å². The largest absolute Gasteiger partial charge is 0.424 e. The van der Waals surface area contributed by atoms with Gasteiger partial charge in [0.15, 0.2) is 0 Å². The number of aromatic nitrogens is 2. The summed E-state index contributed by atoms with van der Waals surface area (Å²) in [5, 5.41) is 21.6. The molecule has 3 amide bonds. The highest BCUT2D eigenvalue weighted by Gasteiger charge is 2.46. The predicted molar refractivity (Wildman–Crippen MR) is 153 cm³/mol. The number of hydrogen-bond donors (Lipinski definition) is 3. The molecular formula is C31H35N7O4. The van der Waals surface area contributed by atoms with E-state index in [4.69, 9.17) is 15.9 Å². The van der Waals surface area contributed by atoms with E-state index >= 15 is 0 Å². The number of nitrogens with two attached hydrogens (primary N) is 2. The molecule has 11 heteroatoms. The second-order valence-corrected chi connectivity index (χ2v) is 11.1. The van der Waals surface area contributed by atoms with E-state index in [1.807, 2.05) is 26.0 Å². The highest BCUT2D eigenvalue weighted by atomic mass is 16.4. The van der Waals surface area contributed by atoms with Crippen molar-refractivity contribution in [2.24, 2.45) is 11.5 Å². The molecule has 0 bridgehead atoms. The zero-order valence-electron chi connectivity index (χ0n) is 23.9. The Balaban J connectivity index is 1.62. The first-order chi connectivity index (χ1) is 20.2. The molecule has 3 aromatic rings. The van der Waals surface area contributed by atoms with Crippen LogP contribution in [-0.2, 0) is 29.5 Å². The summed E-state index contributed by atoms with van der Waals surface area (Å²) in [5.41, 5.74) is 14.7. The molecule has 1 aliphatic carbocycles. The monoisotopic (exact) mass is 569 g/mol. The third kappa shape index (κ3) is 5.25. The lowest BCUT2D eigenvalue weighted by molar-refractivity contribution is -0.130. The molecule has 0 unspecified atom stereocenters. The zero-order chi connectivity index (χ0) is 30.0. The molecule has 2 atom stereocenters. The number of carbonyl (C=O) groups is 3. The molecule has 5 rings (SSSR count). The summed E-state index contributed by atoms with van der Waals surface area (Å²) < 4.78 is 6.29. The number of benzene rings is 2. The molecule has 11 nitrogen and oxygen atoms in total. The van der Waals surface area contributed by atoms with Crippen LogP contribution in [0.5, 0.6) is 0 Å². The Hall–Kier alpha value is -4.56. The van der Waals surface area contributed by atoms with Gasteiger partial charge < -0.3 is 26.1 Å². The van der Waals surface area contributed by atoms with Crippen molar-refractivity contribution in [1.82, 2.24) is 20.4 Å². The number of likely N-dealkylation sites (tertiary alicyclic amines) is 1. The molecule has 42 heavy (non-hydrogen) atoms. The Labute approximate surface area is 244 Å². The van der Waals surface area contributed by atoms with Crippen molar-refractivity contribution in [2.75, 3.05) is 13.1 Å². The molecule has 218 valence electrons. The van der Waals surface area contributed by atoms with E-state index in [-0.39, 0.29) is 18.5 Å². The Morgan fingerprint density at radius 1 is 1.10 bits per heavy atom. The summed E-state index contributed by atoms with van der Waals surface area (Å²) in [5.74, 6) is -0.320. The molecule has 1 aliphatic heterocycles. The average molecular weight is 570 g/mol. The van der Waals surface area contributed by atoms with E-state index in [1.54, 1.807) is 29.2 Å². The fourth-order valence-corrected chi connectivity index (χ4v) is 6.36. The SMILES string of the molecule is CCc1nnc(C2(C[C@H](C)NCC(=O)N3CCC[C@H]3C#N)c3ccc(C(N)=O)cc3CCc3cc(C(N)=O)ccc32)o1. The van der Waals surface area contributed by atoms with Gasteiger partial charge in [-0.25, -0.2) is 0 Å². The molecular weight excluding hydrogens is 534 g/mol. The van der Waals surface area contributed by atoms with Gasteiger partial charge in [0, 0.05) is 30.1 Å². The molecule has 1 saturated heterocycles. The first-order valence-corrected chi connectivity index (χ1v) is 14.3. The number of fused-ring (bicyclic) bond motifs is 2. The number of primary amides is 2. The van der Waals surface area contributed by atoms with Crippen molar-refractivity contribution >= 4 is 17.7 Å². The Morgan fingerprint density at radius 3 is 2.24 bits per heavy atom. The van der Waals surface area contributed by atoms with Crippen LogP contribution >= 0.6 is 0 Å². The minimum absolute atomic E-state index is 0.0699. The van der Waals surface area contributed by atoms with Crippen LogP contribution in [0.15, 0.2) is 40.8 Å². The van der Waals surface area contributed by atoms with Crippen molar-refractivity contribution < 1.29 is 18.8 Å². The van der Waals surface area contributed by atoms with Crippen LogP contribution in [0.25, 0.3) is 0 Å². The van der Waals surface area contributed by atoms with Crippen LogP contribution in [0.1, 0.15) is 87.9 Å². The predicted octanol–water partition coefficient (Wildman–Crippen LogP) is 2.15. The number of nitrogens with one attached hydrogen (secondary N) is 1. The fraction of sp³-hybridized carbons (Fsp3) is 0.419. The van der Waals surface area contributed by atoms with Crippen LogP contribution in [0.4, 0.5) is 0 Å². The second-order valence-electron chi connectivity index (χ2n) is 11.1. The lowest BCUT2D eigenvalue weighted by atomic mass is 9.68. The van der Waals surface area contributed by atoms with Crippen LogP contribution in [-0.4, -0.2) is 58.0 Å². The number of nitriles is 1. The van der Waals surface area contributed by atoms with E-state index in [0.717, 1.165) is 28.7 Å². The van der Waals surface area contributed by atoms with Gasteiger partial charge in [0.2, 0.25) is 29.5 Å². The van der Waals surface area contributed by atoms with Crippen molar-refractivity contribution in [2.45, 2.75) is 69.9 Å². The van der Waals surface area contributed by atoms with Gasteiger partial charge in [-0.2, -0.15) is 5.26 Å². The summed E-state index contributed by atoms with van der Waals surface area (Å²) in [6, 6.07) is 12.4. The van der Waals surface area contributed by atoms with Gasteiger partial charge in [0.05, 0.1) is 12.6 Å². The average Bonchev–Trinajstić information content (AvgIpc) is 3.65. The molecule has 0 saturated carbocycles. The second kappa shape index (κ2) is 11.7. The van der Waals surface area contributed by atoms with Gasteiger partial charge >= 0.3 is 0 Å². The van der Waals surface area contributed by atoms with Crippen molar-refractivity contribution in [3.8, 4) is 6.07 Å². The van der Waals surface area contributed by atoms with Crippen LogP contribution in [0.2, 0.25) is 0 Å². The molecule has 1 fully saturated rings. The van der Waals surface area contributed by atoms with Crippen molar-refractivity contribution in [3.05, 3.63) is 81.6 Å². The molecule has 2 aromatic carbocycles. The summed E-state index contributed by atoms with van der Waals surface area (Å²) in [7, 11) is 0. The molecule has 2 aliphatic rings. The van der Waals surface area contributed by atoms with Gasteiger partial charge in [0.1, 0.15) is 11.5 Å². The number of hydrogen-bond acceptors (Lipinski definition) is 8.